The van der Waals surface area contributed by atoms with Crippen LogP contribution in [0, 0.1) is 5.92 Å². The molecule has 0 atom stereocenters. The molecule has 2 bridgehead atoms. The molecule has 12 heavy (non-hydrogen) atoms. The molecule has 3 fully saturated rings. The van der Waals surface area contributed by atoms with Gasteiger partial charge >= 0.3 is 5.97 Å². The molecule has 0 unspecified atom stereocenters. The van der Waals surface area contributed by atoms with Gasteiger partial charge in [-0.3, -0.25) is 4.79 Å². The highest BCUT2D eigenvalue weighted by atomic mass is 16.9. The Labute approximate surface area is 69.2 Å². The zero-order valence-corrected chi connectivity index (χ0v) is 6.49. The van der Waals surface area contributed by atoms with Crippen LogP contribution in [-0.2, 0) is 19.0 Å². The zero-order chi connectivity index (χ0) is 8.60. The molecule has 0 spiro atoms. The van der Waals surface area contributed by atoms with Gasteiger partial charge in [-0.15, -0.1) is 0 Å². The average molecular weight is 174 g/mol. The van der Waals surface area contributed by atoms with Crippen molar-refractivity contribution in [2.24, 2.45) is 5.92 Å². The Kier molecular flexibility index (Phi) is 1.79. The highest BCUT2D eigenvalue weighted by molar-refractivity contribution is 5.67. The molecule has 3 aliphatic heterocycles. The van der Waals surface area contributed by atoms with Gasteiger partial charge in [-0.05, 0) is 0 Å². The number of hydrogen-bond acceptors (Lipinski definition) is 4. The number of carboxylic acid groups (broad SMARTS) is 1. The Hall–Kier alpha value is -0.650. The van der Waals surface area contributed by atoms with E-state index >= 15 is 0 Å². The third kappa shape index (κ3) is 1.31. The van der Waals surface area contributed by atoms with Crippen LogP contribution < -0.4 is 0 Å². The van der Waals surface area contributed by atoms with E-state index < -0.39 is 11.9 Å². The van der Waals surface area contributed by atoms with Gasteiger partial charge < -0.3 is 19.3 Å². The Morgan fingerprint density at radius 3 is 2.25 bits per heavy atom. The summed E-state index contributed by atoms with van der Waals surface area (Å²) in [7, 11) is 0. The van der Waals surface area contributed by atoms with Gasteiger partial charge in [0.1, 0.15) is 6.42 Å². The third-order valence-electron chi connectivity index (χ3n) is 1.98. The van der Waals surface area contributed by atoms with Crippen LogP contribution in [-0.4, -0.2) is 36.9 Å². The SMILES string of the molecule is O=C(O)CC12OCC(CO1)CO2. The molecule has 0 aromatic heterocycles. The molecule has 3 rings (SSSR count). The summed E-state index contributed by atoms with van der Waals surface area (Å²) in [6, 6.07) is 0. The monoisotopic (exact) mass is 174 g/mol. The molecular formula is C7H10O5. The largest absolute Gasteiger partial charge is 0.481 e. The smallest absolute Gasteiger partial charge is 0.311 e. The fraction of sp³-hybridized carbons (Fsp3) is 0.857. The summed E-state index contributed by atoms with van der Waals surface area (Å²) in [6.45, 7) is 1.60. The van der Waals surface area contributed by atoms with E-state index in [9.17, 15) is 4.79 Å². The van der Waals surface area contributed by atoms with Gasteiger partial charge in [-0.2, -0.15) is 0 Å². The molecule has 0 aromatic rings. The second kappa shape index (κ2) is 2.69. The van der Waals surface area contributed by atoms with E-state index in [-0.39, 0.29) is 12.3 Å². The van der Waals surface area contributed by atoms with E-state index in [1.165, 1.54) is 0 Å². The number of fused-ring (bicyclic) bond motifs is 3. The fourth-order valence-electron chi connectivity index (χ4n) is 1.34. The maximum Gasteiger partial charge on any atom is 0.311 e. The van der Waals surface area contributed by atoms with Gasteiger partial charge in [0.2, 0.25) is 0 Å². The second-order valence-electron chi connectivity index (χ2n) is 3.05. The van der Waals surface area contributed by atoms with Crippen molar-refractivity contribution in [3.05, 3.63) is 0 Å². The van der Waals surface area contributed by atoms with E-state index in [2.05, 4.69) is 0 Å². The van der Waals surface area contributed by atoms with Gasteiger partial charge in [0, 0.05) is 5.92 Å². The number of hydrogen-bond donors (Lipinski definition) is 1. The van der Waals surface area contributed by atoms with Gasteiger partial charge in [0.25, 0.3) is 5.97 Å². The zero-order valence-electron chi connectivity index (χ0n) is 6.49. The molecule has 0 aliphatic carbocycles. The van der Waals surface area contributed by atoms with Crippen molar-refractivity contribution in [3.63, 3.8) is 0 Å². The maximum atomic E-state index is 10.4. The first kappa shape index (κ1) is 7.97. The summed E-state index contributed by atoms with van der Waals surface area (Å²) in [5.41, 5.74) is 0. The number of carboxylic acids is 1. The van der Waals surface area contributed by atoms with E-state index in [1.54, 1.807) is 0 Å². The number of carbonyl (C=O) groups is 1. The van der Waals surface area contributed by atoms with Crippen molar-refractivity contribution >= 4 is 5.97 Å². The van der Waals surface area contributed by atoms with Crippen molar-refractivity contribution in [2.45, 2.75) is 12.4 Å². The predicted octanol–water partition coefficient (Wildman–Crippen LogP) is -0.192. The van der Waals surface area contributed by atoms with Crippen LogP contribution in [0.1, 0.15) is 6.42 Å². The summed E-state index contributed by atoms with van der Waals surface area (Å²) >= 11 is 0. The number of rotatable bonds is 2. The molecular weight excluding hydrogens is 164 g/mol. The lowest BCUT2D eigenvalue weighted by Gasteiger charge is -2.44. The lowest BCUT2D eigenvalue weighted by Crippen LogP contribution is -2.54. The Bertz CT molecular complexity index is 180. The topological polar surface area (TPSA) is 65.0 Å². The molecule has 0 saturated carbocycles. The van der Waals surface area contributed by atoms with Crippen LogP contribution in [0.25, 0.3) is 0 Å². The van der Waals surface area contributed by atoms with Crippen molar-refractivity contribution in [1.82, 2.24) is 0 Å². The molecule has 3 saturated heterocycles. The molecule has 1 N–H and O–H groups in total. The Morgan fingerprint density at radius 1 is 1.33 bits per heavy atom. The fourth-order valence-corrected chi connectivity index (χ4v) is 1.34. The molecule has 0 aromatic carbocycles. The predicted molar refractivity (Wildman–Crippen MR) is 36.3 cm³/mol. The van der Waals surface area contributed by atoms with Crippen molar-refractivity contribution in [1.29, 1.82) is 0 Å². The molecule has 0 amide bonds. The maximum absolute atomic E-state index is 10.4. The molecule has 3 aliphatic rings. The summed E-state index contributed by atoms with van der Waals surface area (Å²) < 4.78 is 15.5. The first-order valence-corrected chi connectivity index (χ1v) is 3.84. The van der Waals surface area contributed by atoms with Gasteiger partial charge in [0.05, 0.1) is 19.8 Å². The third-order valence-corrected chi connectivity index (χ3v) is 1.98. The Morgan fingerprint density at radius 2 is 1.83 bits per heavy atom. The van der Waals surface area contributed by atoms with Gasteiger partial charge in [-0.1, -0.05) is 0 Å². The highest BCUT2D eigenvalue weighted by Crippen LogP contribution is 2.32. The van der Waals surface area contributed by atoms with E-state index in [4.69, 9.17) is 19.3 Å². The van der Waals surface area contributed by atoms with Crippen molar-refractivity contribution < 1.29 is 24.1 Å². The first-order valence-electron chi connectivity index (χ1n) is 3.84. The molecule has 5 nitrogen and oxygen atoms in total. The summed E-state index contributed by atoms with van der Waals surface area (Å²) in [5.74, 6) is -2.00. The minimum absolute atomic E-state index is 0.250. The normalized spacial score (nSPS) is 39.8. The van der Waals surface area contributed by atoms with Crippen LogP contribution in [0.5, 0.6) is 0 Å². The van der Waals surface area contributed by atoms with Crippen LogP contribution >= 0.6 is 0 Å². The lowest BCUT2D eigenvalue weighted by molar-refractivity contribution is -0.446. The van der Waals surface area contributed by atoms with E-state index in [1.807, 2.05) is 0 Å². The number of ether oxygens (including phenoxy) is 3. The molecule has 3 heterocycles. The summed E-state index contributed by atoms with van der Waals surface area (Å²) in [6.07, 6.45) is -0.250. The minimum atomic E-state index is -1.29. The van der Waals surface area contributed by atoms with Crippen molar-refractivity contribution in [3.8, 4) is 0 Å². The Balaban J connectivity index is 2.03. The molecule has 5 heteroatoms. The second-order valence-corrected chi connectivity index (χ2v) is 3.05. The quantitative estimate of drug-likeness (QED) is 0.628. The van der Waals surface area contributed by atoms with Gasteiger partial charge in [-0.25, -0.2) is 0 Å². The molecule has 0 radical (unpaired) electrons. The van der Waals surface area contributed by atoms with Crippen LogP contribution in [0.3, 0.4) is 0 Å². The van der Waals surface area contributed by atoms with Crippen molar-refractivity contribution in [2.75, 3.05) is 19.8 Å². The van der Waals surface area contributed by atoms with Crippen LogP contribution in [0.4, 0.5) is 0 Å². The van der Waals surface area contributed by atoms with E-state index in [0.29, 0.717) is 19.8 Å². The standard InChI is InChI=1S/C7H10O5/c8-6(9)1-7-10-2-5(3-11-7)4-12-7/h5H,1-4H2,(H,8,9). The van der Waals surface area contributed by atoms with Crippen LogP contribution in [0.15, 0.2) is 0 Å². The van der Waals surface area contributed by atoms with E-state index in [0.717, 1.165) is 0 Å². The molecule has 68 valence electrons. The van der Waals surface area contributed by atoms with Crippen LogP contribution in [0.2, 0.25) is 0 Å². The highest BCUT2D eigenvalue weighted by Gasteiger charge is 2.46. The number of aliphatic carboxylic acids is 1. The summed E-state index contributed by atoms with van der Waals surface area (Å²) in [4.78, 5) is 10.4. The first-order chi connectivity index (χ1) is 5.70. The minimum Gasteiger partial charge on any atom is -0.481 e. The van der Waals surface area contributed by atoms with Gasteiger partial charge in [0.15, 0.2) is 0 Å². The lowest BCUT2D eigenvalue weighted by atomic mass is 10.1. The average Bonchev–Trinajstić information content (AvgIpc) is 2.05. The summed E-state index contributed by atoms with van der Waals surface area (Å²) in [5, 5.41) is 8.54.